The normalized spacial score (nSPS) is 16.9. The van der Waals surface area contributed by atoms with Crippen molar-refractivity contribution in [3.05, 3.63) is 35.4 Å². The summed E-state index contributed by atoms with van der Waals surface area (Å²) in [6.07, 6.45) is 4.04. The Morgan fingerprint density at radius 2 is 1.80 bits per heavy atom. The molecule has 2 rings (SSSR count). The van der Waals surface area contributed by atoms with Crippen LogP contribution in [0.1, 0.15) is 70.4 Å². The van der Waals surface area contributed by atoms with Crippen molar-refractivity contribution < 1.29 is 24.9 Å². The molecular formula is C23H36N3O4+. The number of unbranched alkanes of at least 4 members (excludes halogenated alkanes) is 3. The second-order valence-electron chi connectivity index (χ2n) is 9.14. The molecule has 7 heteroatoms. The molecule has 1 heterocycles. The molecular weight excluding hydrogens is 382 g/mol. The third-order valence-electron chi connectivity index (χ3n) is 5.50. The van der Waals surface area contributed by atoms with Gasteiger partial charge in [0.05, 0.1) is 12.5 Å². The highest BCUT2D eigenvalue weighted by molar-refractivity contribution is 6.03. The average Bonchev–Trinajstić information content (AvgIpc) is 2.93. The monoisotopic (exact) mass is 418 g/mol. The van der Waals surface area contributed by atoms with Crippen LogP contribution in [-0.2, 0) is 26.3 Å². The van der Waals surface area contributed by atoms with E-state index in [4.69, 9.17) is 0 Å². The summed E-state index contributed by atoms with van der Waals surface area (Å²) in [4.78, 5) is 34.7. The zero-order chi connectivity index (χ0) is 22.1. The Labute approximate surface area is 179 Å². The van der Waals surface area contributed by atoms with Crippen LogP contribution >= 0.6 is 0 Å². The summed E-state index contributed by atoms with van der Waals surface area (Å²) < 4.78 is 0. The molecule has 0 saturated carbocycles. The Balaban J connectivity index is 1.47. The Bertz CT molecular complexity index is 725. The molecule has 30 heavy (non-hydrogen) atoms. The highest BCUT2D eigenvalue weighted by Crippen LogP contribution is 2.22. The van der Waals surface area contributed by atoms with E-state index in [0.717, 1.165) is 38.8 Å². The maximum atomic E-state index is 11.9. The molecule has 0 radical (unpaired) electrons. The number of imide groups is 1. The molecule has 4 N–H and O–H groups in total. The van der Waals surface area contributed by atoms with Gasteiger partial charge in [0, 0.05) is 24.9 Å². The van der Waals surface area contributed by atoms with Gasteiger partial charge >= 0.3 is 0 Å². The molecule has 0 aliphatic carbocycles. The first-order valence-corrected chi connectivity index (χ1v) is 10.9. The second-order valence-corrected chi connectivity index (χ2v) is 9.14. The van der Waals surface area contributed by atoms with Crippen molar-refractivity contribution in [2.45, 2.75) is 71.3 Å². The summed E-state index contributed by atoms with van der Waals surface area (Å²) in [6, 6.07) is 8.87. The molecule has 1 unspecified atom stereocenters. The zero-order valence-corrected chi connectivity index (χ0v) is 18.4. The smallest absolute Gasteiger partial charge is 0.257 e. The Hall–Kier alpha value is -2.25. The Morgan fingerprint density at radius 1 is 1.13 bits per heavy atom. The molecule has 1 fully saturated rings. The number of nitrogens with zero attached hydrogens (tertiary/aromatic N) is 1. The van der Waals surface area contributed by atoms with Gasteiger partial charge in [-0.1, -0.05) is 51.5 Å². The maximum Gasteiger partial charge on any atom is 0.257 e. The largest absolute Gasteiger partial charge is 0.356 e. The molecule has 0 bridgehead atoms. The fraction of sp³-hybridized carbons (Fsp3) is 0.609. The first-order chi connectivity index (χ1) is 14.2. The standard InChI is InChI=1S/C23H35N3O4/c1-23(2,3)19-10-8-17(9-11-19)16-24-12-6-4-5-7-13-25-20(27)14-18-15-21(28)26(30)22(18)29/h8-11,18,24,30H,4-7,12-16H2,1-3H3,(H,25,27)/p+1. The average molecular weight is 419 g/mol. The van der Waals surface area contributed by atoms with Crippen LogP contribution in [0.5, 0.6) is 0 Å². The van der Waals surface area contributed by atoms with Crippen LogP contribution in [0.25, 0.3) is 0 Å². The molecule has 1 saturated heterocycles. The molecule has 7 nitrogen and oxygen atoms in total. The second kappa shape index (κ2) is 11.2. The van der Waals surface area contributed by atoms with Crippen LogP contribution in [-0.4, -0.2) is 41.1 Å². The van der Waals surface area contributed by atoms with Crippen molar-refractivity contribution in [2.24, 2.45) is 5.92 Å². The summed E-state index contributed by atoms with van der Waals surface area (Å²) in [6.45, 7) is 9.32. The van der Waals surface area contributed by atoms with Crippen LogP contribution in [0.15, 0.2) is 24.3 Å². The van der Waals surface area contributed by atoms with E-state index < -0.39 is 17.7 Å². The number of hydrogen-bond acceptors (Lipinski definition) is 4. The molecule has 3 amide bonds. The molecule has 166 valence electrons. The van der Waals surface area contributed by atoms with Gasteiger partial charge in [0.25, 0.3) is 11.8 Å². The Morgan fingerprint density at radius 3 is 2.40 bits per heavy atom. The number of carbonyl (C=O) groups excluding carboxylic acids is 3. The van der Waals surface area contributed by atoms with Gasteiger partial charge < -0.3 is 10.6 Å². The first kappa shape index (κ1) is 24.0. The number of rotatable bonds is 11. The van der Waals surface area contributed by atoms with Crippen LogP contribution in [0, 0.1) is 5.92 Å². The van der Waals surface area contributed by atoms with E-state index in [-0.39, 0.29) is 29.2 Å². The number of nitrogens with one attached hydrogen (secondary N) is 1. The Kier molecular flexibility index (Phi) is 8.99. The van der Waals surface area contributed by atoms with Crippen LogP contribution in [0.4, 0.5) is 0 Å². The molecule has 0 aromatic heterocycles. The van der Waals surface area contributed by atoms with Crippen molar-refractivity contribution in [3.63, 3.8) is 0 Å². The van der Waals surface area contributed by atoms with E-state index in [2.05, 4.69) is 55.7 Å². The predicted octanol–water partition coefficient (Wildman–Crippen LogP) is 1.88. The molecule has 1 aromatic rings. The number of nitrogens with two attached hydrogens (primary N) is 1. The lowest BCUT2D eigenvalue weighted by Crippen LogP contribution is -2.82. The first-order valence-electron chi connectivity index (χ1n) is 10.9. The minimum absolute atomic E-state index is 0.0483. The maximum absolute atomic E-state index is 11.9. The molecule has 1 aliphatic heterocycles. The van der Waals surface area contributed by atoms with Crippen molar-refractivity contribution in [3.8, 4) is 0 Å². The fourth-order valence-electron chi connectivity index (χ4n) is 3.54. The van der Waals surface area contributed by atoms with Crippen molar-refractivity contribution in [2.75, 3.05) is 13.1 Å². The third kappa shape index (κ3) is 7.54. The number of hydrogen-bond donors (Lipinski definition) is 3. The summed E-state index contributed by atoms with van der Waals surface area (Å²) >= 11 is 0. The lowest BCUT2D eigenvalue weighted by atomic mass is 9.87. The summed E-state index contributed by atoms with van der Waals surface area (Å²) in [7, 11) is 0. The minimum Gasteiger partial charge on any atom is -0.356 e. The number of hydroxylamine groups is 2. The minimum atomic E-state index is -0.734. The van der Waals surface area contributed by atoms with E-state index in [9.17, 15) is 19.6 Å². The molecule has 1 atom stereocenters. The quantitative estimate of drug-likeness (QED) is 0.290. The van der Waals surface area contributed by atoms with Crippen LogP contribution in [0.3, 0.4) is 0 Å². The fourth-order valence-corrected chi connectivity index (χ4v) is 3.54. The third-order valence-corrected chi connectivity index (χ3v) is 5.50. The number of amides is 3. The lowest BCUT2D eigenvalue weighted by Gasteiger charge is -2.18. The molecule has 1 aliphatic rings. The van der Waals surface area contributed by atoms with E-state index in [1.165, 1.54) is 11.1 Å². The van der Waals surface area contributed by atoms with E-state index in [1.807, 2.05) is 0 Å². The summed E-state index contributed by atoms with van der Waals surface area (Å²) in [5, 5.41) is 14.4. The van der Waals surface area contributed by atoms with Crippen molar-refractivity contribution >= 4 is 17.7 Å². The highest BCUT2D eigenvalue weighted by Gasteiger charge is 2.38. The summed E-state index contributed by atoms with van der Waals surface area (Å²) in [5.74, 6) is -2.31. The van der Waals surface area contributed by atoms with E-state index in [1.54, 1.807) is 0 Å². The van der Waals surface area contributed by atoms with Gasteiger partial charge in [-0.3, -0.25) is 19.6 Å². The lowest BCUT2D eigenvalue weighted by molar-refractivity contribution is -0.671. The number of quaternary nitrogens is 1. The van der Waals surface area contributed by atoms with Gasteiger partial charge in [0.15, 0.2) is 0 Å². The van der Waals surface area contributed by atoms with Crippen molar-refractivity contribution in [1.82, 2.24) is 10.4 Å². The highest BCUT2D eigenvalue weighted by atomic mass is 16.5. The van der Waals surface area contributed by atoms with Gasteiger partial charge in [0.1, 0.15) is 6.54 Å². The topological polar surface area (TPSA) is 103 Å². The van der Waals surface area contributed by atoms with Gasteiger partial charge in [-0.15, -0.1) is 0 Å². The number of carbonyl (C=O) groups is 3. The number of benzene rings is 1. The zero-order valence-electron chi connectivity index (χ0n) is 18.4. The van der Waals surface area contributed by atoms with Crippen LogP contribution in [0.2, 0.25) is 0 Å². The van der Waals surface area contributed by atoms with E-state index >= 15 is 0 Å². The predicted molar refractivity (Wildman–Crippen MR) is 113 cm³/mol. The van der Waals surface area contributed by atoms with Gasteiger partial charge in [0.2, 0.25) is 5.91 Å². The van der Waals surface area contributed by atoms with Crippen molar-refractivity contribution in [1.29, 1.82) is 0 Å². The van der Waals surface area contributed by atoms with Gasteiger partial charge in [-0.25, -0.2) is 0 Å². The van der Waals surface area contributed by atoms with Gasteiger partial charge in [-0.05, 0) is 30.2 Å². The molecule has 0 spiro atoms. The summed E-state index contributed by atoms with van der Waals surface area (Å²) in [5.41, 5.74) is 2.89. The van der Waals surface area contributed by atoms with Crippen LogP contribution < -0.4 is 10.6 Å². The van der Waals surface area contributed by atoms with Gasteiger partial charge in [-0.2, -0.15) is 5.06 Å². The molecule has 1 aromatic carbocycles. The SMILES string of the molecule is CC(C)(C)c1ccc(C[NH2+]CCCCCCNC(=O)CC2CC(=O)N(O)C2=O)cc1. The van der Waals surface area contributed by atoms with E-state index in [0.29, 0.717) is 6.54 Å².